The molecule has 2 aliphatic heterocycles. The molecule has 27 heavy (non-hydrogen) atoms. The number of halogens is 3. The van der Waals surface area contributed by atoms with Crippen molar-refractivity contribution in [1.29, 1.82) is 0 Å². The molecule has 2 fully saturated rings. The lowest BCUT2D eigenvalue weighted by Crippen LogP contribution is -2.51. The maximum absolute atomic E-state index is 12.5. The van der Waals surface area contributed by atoms with Gasteiger partial charge in [-0.25, -0.2) is 4.98 Å². The normalized spacial score (nSPS) is 23.4. The maximum atomic E-state index is 12.5. The van der Waals surface area contributed by atoms with E-state index in [1.54, 1.807) is 0 Å². The topological polar surface area (TPSA) is 74.3 Å². The third-order valence-electron chi connectivity index (χ3n) is 5.27. The number of nitrogens with zero attached hydrogens (tertiary/aromatic N) is 2. The van der Waals surface area contributed by atoms with Crippen molar-refractivity contribution < 1.29 is 22.8 Å². The van der Waals surface area contributed by atoms with E-state index in [2.05, 4.69) is 20.5 Å². The van der Waals surface area contributed by atoms with Gasteiger partial charge in [-0.15, -0.1) is 0 Å². The third kappa shape index (κ3) is 4.97. The summed E-state index contributed by atoms with van der Waals surface area (Å²) in [6.07, 6.45) is 1.95. The molecule has 3 rings (SSSR count). The second kappa shape index (κ2) is 8.24. The number of carbonyl (C=O) groups excluding carboxylic acids is 2. The number of piperidine rings is 2. The minimum absolute atomic E-state index is 0.0410. The van der Waals surface area contributed by atoms with Crippen LogP contribution in [-0.4, -0.2) is 47.4 Å². The van der Waals surface area contributed by atoms with Gasteiger partial charge in [-0.2, -0.15) is 13.2 Å². The zero-order valence-electron chi connectivity index (χ0n) is 14.9. The quantitative estimate of drug-likeness (QED) is 0.785. The number of aromatic nitrogens is 1. The monoisotopic (exact) mass is 384 g/mol. The minimum Gasteiger partial charge on any atom is -0.347 e. The van der Waals surface area contributed by atoms with E-state index in [4.69, 9.17) is 0 Å². The number of carbonyl (C=O) groups is 2. The van der Waals surface area contributed by atoms with Gasteiger partial charge in [-0.1, -0.05) is 6.42 Å². The first kappa shape index (κ1) is 19.6. The van der Waals surface area contributed by atoms with Crippen molar-refractivity contribution in [3.05, 3.63) is 24.0 Å². The number of anilines is 1. The average Bonchev–Trinajstić information content (AvgIpc) is 2.65. The Labute approximate surface area is 155 Å². The van der Waals surface area contributed by atoms with Gasteiger partial charge in [0.05, 0.1) is 11.9 Å². The molecule has 2 atom stereocenters. The van der Waals surface area contributed by atoms with Crippen LogP contribution in [0.5, 0.6) is 0 Å². The Morgan fingerprint density at radius 2 is 1.89 bits per heavy atom. The Balaban J connectivity index is 1.49. The van der Waals surface area contributed by atoms with Crippen LogP contribution in [0, 0.1) is 5.92 Å². The molecule has 2 N–H and O–H groups in total. The highest BCUT2D eigenvalue weighted by atomic mass is 19.4. The van der Waals surface area contributed by atoms with Gasteiger partial charge >= 0.3 is 18.0 Å². The van der Waals surface area contributed by atoms with Gasteiger partial charge in [0.1, 0.15) is 5.69 Å². The summed E-state index contributed by atoms with van der Waals surface area (Å²) in [5, 5.41) is 4.94. The third-order valence-corrected chi connectivity index (χ3v) is 5.27. The Morgan fingerprint density at radius 3 is 2.59 bits per heavy atom. The van der Waals surface area contributed by atoms with Crippen molar-refractivity contribution >= 4 is 17.5 Å². The number of alkyl halides is 3. The molecule has 9 heteroatoms. The number of hydrogen-bond acceptors (Lipinski definition) is 4. The first-order valence-electron chi connectivity index (χ1n) is 9.21. The van der Waals surface area contributed by atoms with Crippen molar-refractivity contribution in [2.75, 3.05) is 25.0 Å². The van der Waals surface area contributed by atoms with Crippen LogP contribution in [0.2, 0.25) is 0 Å². The first-order valence-corrected chi connectivity index (χ1v) is 9.21. The van der Waals surface area contributed by atoms with Gasteiger partial charge < -0.3 is 15.5 Å². The fourth-order valence-electron chi connectivity index (χ4n) is 3.94. The number of amides is 2. The Bertz CT molecular complexity index is 676. The second-order valence-electron chi connectivity index (χ2n) is 7.10. The highest BCUT2D eigenvalue weighted by Gasteiger charge is 2.34. The van der Waals surface area contributed by atoms with Crippen LogP contribution in [0.4, 0.5) is 18.9 Å². The molecule has 2 aliphatic rings. The molecule has 0 radical (unpaired) electrons. The van der Waals surface area contributed by atoms with E-state index < -0.39 is 23.7 Å². The molecular formula is C18H23F3N4O2. The van der Waals surface area contributed by atoms with Crippen LogP contribution in [0.3, 0.4) is 0 Å². The SMILES string of the molecule is O=C(NCC1CCCN2CCCCC12)C(=O)Nc1ccc(C(F)(F)F)nc1. The summed E-state index contributed by atoms with van der Waals surface area (Å²) in [5.74, 6) is -1.38. The smallest absolute Gasteiger partial charge is 0.347 e. The Hall–Kier alpha value is -2.16. The molecule has 0 spiro atoms. The van der Waals surface area contributed by atoms with E-state index in [1.807, 2.05) is 0 Å². The van der Waals surface area contributed by atoms with E-state index in [-0.39, 0.29) is 5.69 Å². The van der Waals surface area contributed by atoms with Crippen LogP contribution >= 0.6 is 0 Å². The fraction of sp³-hybridized carbons (Fsp3) is 0.611. The van der Waals surface area contributed by atoms with Gasteiger partial charge in [0.15, 0.2) is 0 Å². The molecule has 3 heterocycles. The van der Waals surface area contributed by atoms with Gasteiger partial charge in [0, 0.05) is 12.6 Å². The molecule has 2 amide bonds. The lowest BCUT2D eigenvalue weighted by atomic mass is 9.83. The van der Waals surface area contributed by atoms with Crippen LogP contribution < -0.4 is 10.6 Å². The van der Waals surface area contributed by atoms with Crippen LogP contribution in [-0.2, 0) is 15.8 Å². The molecule has 0 saturated carbocycles. The minimum atomic E-state index is -4.55. The molecule has 0 bridgehead atoms. The van der Waals surface area contributed by atoms with E-state index in [0.717, 1.165) is 50.7 Å². The standard InChI is InChI=1S/C18H23F3N4O2/c19-18(20,21)15-7-6-13(11-22-15)24-17(27)16(26)23-10-12-4-3-9-25-8-2-1-5-14(12)25/h6-7,11-12,14H,1-5,8-10H2,(H,23,26)(H,24,27). The van der Waals surface area contributed by atoms with Gasteiger partial charge in [-0.3, -0.25) is 9.59 Å². The average molecular weight is 384 g/mol. The highest BCUT2D eigenvalue weighted by molar-refractivity contribution is 6.39. The van der Waals surface area contributed by atoms with Crippen molar-refractivity contribution in [2.45, 2.75) is 44.3 Å². The molecule has 2 saturated heterocycles. The molecule has 148 valence electrons. The predicted molar refractivity (Wildman–Crippen MR) is 92.8 cm³/mol. The number of nitrogens with one attached hydrogen (secondary N) is 2. The second-order valence-corrected chi connectivity index (χ2v) is 7.10. The summed E-state index contributed by atoms with van der Waals surface area (Å²) in [5.41, 5.74) is -1.02. The molecule has 0 aliphatic carbocycles. The first-order chi connectivity index (χ1) is 12.8. The summed E-state index contributed by atoms with van der Waals surface area (Å²) < 4.78 is 37.5. The largest absolute Gasteiger partial charge is 0.433 e. The van der Waals surface area contributed by atoms with Crippen LogP contribution in [0.25, 0.3) is 0 Å². The van der Waals surface area contributed by atoms with Gasteiger partial charge in [0.25, 0.3) is 0 Å². The van der Waals surface area contributed by atoms with Crippen molar-refractivity contribution in [2.24, 2.45) is 5.92 Å². The number of fused-ring (bicyclic) bond motifs is 1. The van der Waals surface area contributed by atoms with E-state index in [0.29, 0.717) is 18.5 Å². The van der Waals surface area contributed by atoms with E-state index in [1.165, 1.54) is 12.8 Å². The van der Waals surface area contributed by atoms with Crippen molar-refractivity contribution in [3.8, 4) is 0 Å². The molecule has 2 unspecified atom stereocenters. The molecule has 0 aromatic carbocycles. The zero-order chi connectivity index (χ0) is 19.4. The lowest BCUT2D eigenvalue weighted by Gasteiger charge is -2.44. The zero-order valence-corrected chi connectivity index (χ0v) is 14.9. The summed E-state index contributed by atoms with van der Waals surface area (Å²) >= 11 is 0. The van der Waals surface area contributed by atoms with Gasteiger partial charge in [0.2, 0.25) is 0 Å². The summed E-state index contributed by atoms with van der Waals surface area (Å²) in [6, 6.07) is 2.28. The Morgan fingerprint density at radius 1 is 1.11 bits per heavy atom. The predicted octanol–water partition coefficient (Wildman–Crippen LogP) is 2.42. The lowest BCUT2D eigenvalue weighted by molar-refractivity contribution is -0.141. The maximum Gasteiger partial charge on any atom is 0.433 e. The van der Waals surface area contributed by atoms with Crippen molar-refractivity contribution in [1.82, 2.24) is 15.2 Å². The van der Waals surface area contributed by atoms with E-state index >= 15 is 0 Å². The molecule has 1 aromatic rings. The number of hydrogen-bond donors (Lipinski definition) is 2. The fourth-order valence-corrected chi connectivity index (χ4v) is 3.94. The van der Waals surface area contributed by atoms with Crippen LogP contribution in [0.1, 0.15) is 37.8 Å². The van der Waals surface area contributed by atoms with Crippen LogP contribution in [0.15, 0.2) is 18.3 Å². The molecule has 1 aromatic heterocycles. The Kier molecular flexibility index (Phi) is 5.98. The van der Waals surface area contributed by atoms with Gasteiger partial charge in [-0.05, 0) is 56.8 Å². The summed E-state index contributed by atoms with van der Waals surface area (Å²) in [7, 11) is 0. The highest BCUT2D eigenvalue weighted by Crippen LogP contribution is 2.30. The number of rotatable bonds is 3. The van der Waals surface area contributed by atoms with E-state index in [9.17, 15) is 22.8 Å². The molecule has 6 nitrogen and oxygen atoms in total. The molecular weight excluding hydrogens is 361 g/mol. The summed E-state index contributed by atoms with van der Waals surface area (Å²) in [6.45, 7) is 2.62. The number of pyridine rings is 1. The summed E-state index contributed by atoms with van der Waals surface area (Å²) in [4.78, 5) is 29.7. The van der Waals surface area contributed by atoms with Crippen molar-refractivity contribution in [3.63, 3.8) is 0 Å².